The van der Waals surface area contributed by atoms with Gasteiger partial charge in [0, 0.05) is 20.3 Å². The minimum absolute atomic E-state index is 0.0541. The fourth-order valence-corrected chi connectivity index (χ4v) is 4.26. The van der Waals surface area contributed by atoms with E-state index in [9.17, 15) is 14.7 Å². The second-order valence-corrected chi connectivity index (χ2v) is 8.05. The Morgan fingerprint density at radius 1 is 1.21 bits per heavy atom. The van der Waals surface area contributed by atoms with Crippen molar-refractivity contribution in [1.82, 2.24) is 0 Å². The predicted molar refractivity (Wildman–Crippen MR) is 118 cm³/mol. The lowest BCUT2D eigenvalue weighted by Gasteiger charge is -2.08. The van der Waals surface area contributed by atoms with Crippen LogP contribution in [0.4, 0.5) is 11.4 Å². The molecule has 0 aliphatic heterocycles. The van der Waals surface area contributed by atoms with Crippen molar-refractivity contribution in [2.24, 2.45) is 10.1 Å². The highest BCUT2D eigenvalue weighted by Crippen LogP contribution is 2.37. The van der Waals surface area contributed by atoms with Crippen molar-refractivity contribution in [1.29, 1.82) is 0 Å². The number of thiophene rings is 1. The first-order valence-corrected chi connectivity index (χ1v) is 10.4. The Kier molecular flexibility index (Phi) is 6.30. The smallest absolute Gasteiger partial charge is 0.339 e. The SMILES string of the molecule is C=Nc1ccc(C(=O)Nc2csc(-c3ccc(Br)cc3)c2C(=O)O)cc1SN. The van der Waals surface area contributed by atoms with Gasteiger partial charge in [0.25, 0.3) is 5.91 Å². The number of nitrogens with zero attached hydrogens (tertiary/aromatic N) is 1. The van der Waals surface area contributed by atoms with Crippen LogP contribution in [-0.4, -0.2) is 23.7 Å². The monoisotopic (exact) mass is 475 g/mol. The molecule has 9 heteroatoms. The molecular formula is C19H14BrN3O3S2. The second-order valence-electron chi connectivity index (χ2n) is 5.58. The summed E-state index contributed by atoms with van der Waals surface area (Å²) in [5.74, 6) is -1.55. The van der Waals surface area contributed by atoms with Gasteiger partial charge in [-0.1, -0.05) is 28.1 Å². The first kappa shape index (κ1) is 20.3. The summed E-state index contributed by atoms with van der Waals surface area (Å²) in [7, 11) is 0. The van der Waals surface area contributed by atoms with E-state index in [2.05, 4.69) is 33.0 Å². The van der Waals surface area contributed by atoms with Gasteiger partial charge in [0.15, 0.2) is 0 Å². The van der Waals surface area contributed by atoms with E-state index in [1.54, 1.807) is 23.6 Å². The van der Waals surface area contributed by atoms with E-state index < -0.39 is 11.9 Å². The number of carbonyl (C=O) groups is 2. The molecule has 0 saturated heterocycles. The molecule has 0 radical (unpaired) electrons. The van der Waals surface area contributed by atoms with Crippen LogP contribution in [0.3, 0.4) is 0 Å². The fourth-order valence-electron chi connectivity index (χ4n) is 2.55. The molecule has 0 bridgehead atoms. The van der Waals surface area contributed by atoms with E-state index in [0.29, 0.717) is 21.0 Å². The maximum atomic E-state index is 12.6. The lowest BCUT2D eigenvalue weighted by molar-refractivity contribution is 0.0699. The first-order chi connectivity index (χ1) is 13.4. The van der Waals surface area contributed by atoms with Crippen LogP contribution >= 0.6 is 39.2 Å². The van der Waals surface area contributed by atoms with Crippen molar-refractivity contribution in [2.45, 2.75) is 4.90 Å². The Morgan fingerprint density at radius 2 is 1.93 bits per heavy atom. The number of hydrogen-bond acceptors (Lipinski definition) is 6. The third kappa shape index (κ3) is 4.17. The van der Waals surface area contributed by atoms with E-state index in [0.717, 1.165) is 22.0 Å². The number of aliphatic imine (C=N–C) groups is 1. The number of hydrogen-bond donors (Lipinski definition) is 3. The molecule has 0 aliphatic rings. The number of anilines is 1. The number of carbonyl (C=O) groups excluding carboxylic acids is 1. The van der Waals surface area contributed by atoms with Crippen LogP contribution in [0.25, 0.3) is 10.4 Å². The number of rotatable bonds is 6. The number of halogens is 1. The number of carboxylic acids is 1. The van der Waals surface area contributed by atoms with E-state index in [1.165, 1.54) is 11.3 Å². The lowest BCUT2D eigenvalue weighted by atomic mass is 10.1. The van der Waals surface area contributed by atoms with Gasteiger partial charge in [-0.05, 0) is 54.6 Å². The zero-order valence-electron chi connectivity index (χ0n) is 14.3. The molecule has 28 heavy (non-hydrogen) atoms. The zero-order chi connectivity index (χ0) is 20.3. The van der Waals surface area contributed by atoms with Crippen molar-refractivity contribution < 1.29 is 14.7 Å². The average molecular weight is 476 g/mol. The Bertz CT molecular complexity index is 1060. The van der Waals surface area contributed by atoms with E-state index in [1.807, 2.05) is 24.3 Å². The zero-order valence-corrected chi connectivity index (χ0v) is 17.5. The van der Waals surface area contributed by atoms with Gasteiger partial charge in [-0.25, -0.2) is 4.79 Å². The minimum Gasteiger partial charge on any atom is -0.478 e. The summed E-state index contributed by atoms with van der Waals surface area (Å²) in [6.07, 6.45) is 0. The van der Waals surface area contributed by atoms with Gasteiger partial charge in [-0.2, -0.15) is 0 Å². The molecule has 0 spiro atoms. The Labute approximate surface area is 177 Å². The van der Waals surface area contributed by atoms with Crippen molar-refractivity contribution in [3.05, 3.63) is 63.4 Å². The molecule has 3 rings (SSSR count). The molecule has 0 unspecified atom stereocenters. The van der Waals surface area contributed by atoms with E-state index in [-0.39, 0.29) is 11.3 Å². The van der Waals surface area contributed by atoms with E-state index in [4.69, 9.17) is 5.14 Å². The second kappa shape index (κ2) is 8.70. The summed E-state index contributed by atoms with van der Waals surface area (Å²) >= 11 is 5.57. The predicted octanol–water partition coefficient (Wildman–Crippen LogP) is 5.43. The van der Waals surface area contributed by atoms with Gasteiger partial charge in [0.2, 0.25) is 0 Å². The largest absolute Gasteiger partial charge is 0.478 e. The van der Waals surface area contributed by atoms with Crippen LogP contribution in [0.15, 0.2) is 62.2 Å². The maximum absolute atomic E-state index is 12.6. The Hall–Kier alpha value is -2.46. The van der Waals surface area contributed by atoms with Crippen molar-refractivity contribution >= 4 is 69.2 Å². The Balaban J connectivity index is 1.94. The highest BCUT2D eigenvalue weighted by molar-refractivity contribution is 9.10. The van der Waals surface area contributed by atoms with Crippen LogP contribution < -0.4 is 10.5 Å². The first-order valence-electron chi connectivity index (χ1n) is 7.84. The highest BCUT2D eigenvalue weighted by atomic mass is 79.9. The third-order valence-corrected chi connectivity index (χ3v) is 6.02. The number of aromatic carboxylic acids is 1. The molecule has 142 valence electrons. The molecule has 6 nitrogen and oxygen atoms in total. The molecule has 1 aromatic heterocycles. The molecule has 2 aromatic carbocycles. The average Bonchev–Trinajstić information content (AvgIpc) is 3.11. The lowest BCUT2D eigenvalue weighted by Crippen LogP contribution is -2.14. The van der Waals surface area contributed by atoms with Gasteiger partial charge in [-0.3, -0.25) is 14.9 Å². The minimum atomic E-state index is -1.11. The van der Waals surface area contributed by atoms with Gasteiger partial charge in [0.1, 0.15) is 5.56 Å². The summed E-state index contributed by atoms with van der Waals surface area (Å²) in [5, 5.41) is 19.6. The number of amides is 1. The maximum Gasteiger partial charge on any atom is 0.339 e. The normalized spacial score (nSPS) is 10.5. The summed E-state index contributed by atoms with van der Waals surface area (Å²) in [6.45, 7) is 3.46. The van der Waals surface area contributed by atoms with Crippen LogP contribution in [0.2, 0.25) is 0 Å². The summed E-state index contributed by atoms with van der Waals surface area (Å²) < 4.78 is 0.893. The molecule has 1 heterocycles. The van der Waals surface area contributed by atoms with Crippen molar-refractivity contribution in [3.63, 3.8) is 0 Å². The molecule has 3 aromatic rings. The van der Waals surface area contributed by atoms with Crippen molar-refractivity contribution in [3.8, 4) is 10.4 Å². The summed E-state index contributed by atoms with van der Waals surface area (Å²) in [6, 6.07) is 12.1. The van der Waals surface area contributed by atoms with Gasteiger partial charge >= 0.3 is 5.97 Å². The van der Waals surface area contributed by atoms with Gasteiger partial charge < -0.3 is 10.4 Å². The molecular weight excluding hydrogens is 462 g/mol. The van der Waals surface area contributed by atoms with Gasteiger partial charge in [-0.15, -0.1) is 11.3 Å². The molecule has 0 aliphatic carbocycles. The number of nitrogens with one attached hydrogen (secondary N) is 1. The highest BCUT2D eigenvalue weighted by Gasteiger charge is 2.21. The molecule has 4 N–H and O–H groups in total. The van der Waals surface area contributed by atoms with Crippen LogP contribution in [0, 0.1) is 0 Å². The van der Waals surface area contributed by atoms with Crippen LogP contribution in [-0.2, 0) is 0 Å². The van der Waals surface area contributed by atoms with Gasteiger partial charge in [0.05, 0.1) is 16.3 Å². The molecule has 0 saturated carbocycles. The van der Waals surface area contributed by atoms with Crippen LogP contribution in [0.5, 0.6) is 0 Å². The molecule has 0 fully saturated rings. The number of nitrogens with two attached hydrogens (primary N) is 1. The van der Waals surface area contributed by atoms with E-state index >= 15 is 0 Å². The number of carboxylic acid groups (broad SMARTS) is 1. The van der Waals surface area contributed by atoms with Crippen LogP contribution in [0.1, 0.15) is 20.7 Å². The summed E-state index contributed by atoms with van der Waals surface area (Å²) in [5.41, 5.74) is 1.97. The molecule has 1 amide bonds. The third-order valence-electron chi connectivity index (χ3n) is 3.88. The van der Waals surface area contributed by atoms with Crippen molar-refractivity contribution in [2.75, 3.05) is 5.32 Å². The molecule has 0 atom stereocenters. The summed E-state index contributed by atoms with van der Waals surface area (Å²) in [4.78, 5) is 29.5. The quantitative estimate of drug-likeness (QED) is 0.325. The topological polar surface area (TPSA) is 105 Å². The Morgan fingerprint density at radius 3 is 2.54 bits per heavy atom. The fraction of sp³-hybridized carbons (Fsp3) is 0. The number of benzene rings is 2. The standard InChI is InChI=1S/C19H14BrN3O3S2/c1-22-13-7-4-11(8-15(13)28-21)18(24)23-14-9-27-17(16(14)19(25)26)10-2-5-12(20)6-3-10/h2-9H,1,21H2,(H,23,24)(H,25,26).